The quantitative estimate of drug-likeness (QED) is 0.908. The third-order valence-electron chi connectivity index (χ3n) is 3.23. The minimum Gasteiger partial charge on any atom is -0.378 e. The van der Waals surface area contributed by atoms with Crippen LogP contribution in [0.5, 0.6) is 0 Å². The van der Waals surface area contributed by atoms with E-state index < -0.39 is 23.7 Å². The van der Waals surface area contributed by atoms with E-state index in [1.165, 1.54) is 31.1 Å². The summed E-state index contributed by atoms with van der Waals surface area (Å²) in [6, 6.07) is 12.1. The van der Waals surface area contributed by atoms with Crippen LogP contribution in [-0.4, -0.2) is 35.9 Å². The fraction of sp³-hybridized carbons (Fsp3) is 0.176. The standard InChI is InChI=1S/C17H17FN2O3/c1-20(2)17(23)13-10-12(8-9-14(13)18)19-16(22)15(21)11-6-4-3-5-7-11/h3-10,15,21H,1-2H3,(H,19,22). The molecule has 1 unspecified atom stereocenters. The first-order valence-corrected chi connectivity index (χ1v) is 6.95. The summed E-state index contributed by atoms with van der Waals surface area (Å²) in [6.45, 7) is 0. The summed E-state index contributed by atoms with van der Waals surface area (Å²) in [7, 11) is 3.01. The van der Waals surface area contributed by atoms with E-state index in [1.54, 1.807) is 30.3 Å². The molecule has 2 rings (SSSR count). The van der Waals surface area contributed by atoms with E-state index in [1.807, 2.05) is 0 Å². The molecule has 0 heterocycles. The zero-order chi connectivity index (χ0) is 17.0. The van der Waals surface area contributed by atoms with Crippen LogP contribution in [0.3, 0.4) is 0 Å². The van der Waals surface area contributed by atoms with Crippen LogP contribution in [0.2, 0.25) is 0 Å². The second-order valence-electron chi connectivity index (χ2n) is 5.20. The molecule has 2 N–H and O–H groups in total. The van der Waals surface area contributed by atoms with Crippen molar-refractivity contribution in [1.29, 1.82) is 0 Å². The molecule has 0 bridgehead atoms. The molecular weight excluding hydrogens is 299 g/mol. The van der Waals surface area contributed by atoms with E-state index in [0.717, 1.165) is 6.07 Å². The number of aliphatic hydroxyl groups is 1. The highest BCUT2D eigenvalue weighted by molar-refractivity contribution is 5.98. The SMILES string of the molecule is CN(C)C(=O)c1cc(NC(=O)C(O)c2ccccc2)ccc1F. The number of nitrogens with zero attached hydrogens (tertiary/aromatic N) is 1. The van der Waals surface area contributed by atoms with Gasteiger partial charge >= 0.3 is 0 Å². The number of hydrogen-bond donors (Lipinski definition) is 2. The molecule has 5 nitrogen and oxygen atoms in total. The average Bonchev–Trinajstić information content (AvgIpc) is 2.55. The van der Waals surface area contributed by atoms with Gasteiger partial charge in [0.1, 0.15) is 5.82 Å². The maximum atomic E-state index is 13.7. The van der Waals surface area contributed by atoms with Gasteiger partial charge in [-0.1, -0.05) is 30.3 Å². The lowest BCUT2D eigenvalue weighted by Gasteiger charge is -2.14. The molecule has 23 heavy (non-hydrogen) atoms. The van der Waals surface area contributed by atoms with Crippen LogP contribution in [0.4, 0.5) is 10.1 Å². The van der Waals surface area contributed by atoms with Crippen LogP contribution >= 0.6 is 0 Å². The molecule has 6 heteroatoms. The molecule has 120 valence electrons. The number of amides is 2. The topological polar surface area (TPSA) is 69.6 Å². The highest BCUT2D eigenvalue weighted by Crippen LogP contribution is 2.19. The van der Waals surface area contributed by atoms with Crippen LogP contribution in [0, 0.1) is 5.82 Å². The fourth-order valence-corrected chi connectivity index (χ4v) is 2.01. The minimum absolute atomic E-state index is 0.151. The first-order chi connectivity index (χ1) is 10.9. The van der Waals surface area contributed by atoms with Crippen molar-refractivity contribution in [2.75, 3.05) is 19.4 Å². The van der Waals surface area contributed by atoms with Gasteiger partial charge in [0.2, 0.25) is 0 Å². The summed E-state index contributed by atoms with van der Waals surface area (Å²) in [5.41, 5.74) is 0.523. The van der Waals surface area contributed by atoms with Gasteiger partial charge in [0.15, 0.2) is 6.10 Å². The maximum absolute atomic E-state index is 13.7. The molecule has 0 aliphatic rings. The predicted octanol–water partition coefficient (Wildman–Crippen LogP) is 2.20. The van der Waals surface area contributed by atoms with Crippen molar-refractivity contribution < 1.29 is 19.1 Å². The third-order valence-corrected chi connectivity index (χ3v) is 3.23. The van der Waals surface area contributed by atoms with Crippen molar-refractivity contribution in [2.45, 2.75) is 6.10 Å². The third kappa shape index (κ3) is 3.92. The molecule has 0 spiro atoms. The monoisotopic (exact) mass is 316 g/mol. The molecule has 2 aromatic rings. The Labute approximate surface area is 133 Å². The van der Waals surface area contributed by atoms with Crippen molar-refractivity contribution in [3.05, 3.63) is 65.5 Å². The first kappa shape index (κ1) is 16.6. The maximum Gasteiger partial charge on any atom is 0.257 e. The van der Waals surface area contributed by atoms with Crippen molar-refractivity contribution >= 4 is 17.5 Å². The highest BCUT2D eigenvalue weighted by Gasteiger charge is 2.19. The fourth-order valence-electron chi connectivity index (χ4n) is 2.01. The average molecular weight is 316 g/mol. The summed E-state index contributed by atoms with van der Waals surface area (Å²) in [5.74, 6) is -1.85. The second kappa shape index (κ2) is 7.02. The van der Waals surface area contributed by atoms with Gasteiger partial charge < -0.3 is 15.3 Å². The molecule has 2 aromatic carbocycles. The lowest BCUT2D eigenvalue weighted by Crippen LogP contribution is -2.24. The molecule has 0 fully saturated rings. The number of rotatable bonds is 4. The van der Waals surface area contributed by atoms with Gasteiger partial charge in [-0.15, -0.1) is 0 Å². The van der Waals surface area contributed by atoms with Crippen molar-refractivity contribution in [2.24, 2.45) is 0 Å². The zero-order valence-corrected chi connectivity index (χ0v) is 12.8. The molecule has 0 aliphatic carbocycles. The minimum atomic E-state index is -1.35. The Kier molecular flexibility index (Phi) is 5.08. The number of carbonyl (C=O) groups excluding carboxylic acids is 2. The number of hydrogen-bond acceptors (Lipinski definition) is 3. The van der Waals surface area contributed by atoms with Gasteiger partial charge in [-0.3, -0.25) is 9.59 Å². The van der Waals surface area contributed by atoms with E-state index in [2.05, 4.69) is 5.32 Å². The Morgan fingerprint density at radius 1 is 1.13 bits per heavy atom. The van der Waals surface area contributed by atoms with Gasteiger partial charge in [0, 0.05) is 19.8 Å². The second-order valence-corrected chi connectivity index (χ2v) is 5.20. The predicted molar refractivity (Wildman–Crippen MR) is 84.4 cm³/mol. The Morgan fingerprint density at radius 2 is 1.78 bits per heavy atom. The van der Waals surface area contributed by atoms with Crippen LogP contribution in [0.1, 0.15) is 22.0 Å². The molecule has 0 aliphatic heterocycles. The number of anilines is 1. The molecule has 0 saturated carbocycles. The summed E-state index contributed by atoms with van der Waals surface area (Å²) in [4.78, 5) is 25.2. The van der Waals surface area contributed by atoms with E-state index in [9.17, 15) is 19.1 Å². The number of halogens is 1. The Hall–Kier alpha value is -2.73. The largest absolute Gasteiger partial charge is 0.378 e. The summed E-state index contributed by atoms with van der Waals surface area (Å²) in [6.07, 6.45) is -1.35. The number of benzene rings is 2. The van der Waals surface area contributed by atoms with Crippen LogP contribution in [-0.2, 0) is 4.79 Å². The molecule has 2 amide bonds. The van der Waals surface area contributed by atoms with Crippen LogP contribution in [0.25, 0.3) is 0 Å². The van der Waals surface area contributed by atoms with E-state index >= 15 is 0 Å². The van der Waals surface area contributed by atoms with Gasteiger partial charge in [-0.05, 0) is 23.8 Å². The van der Waals surface area contributed by atoms with Crippen molar-refractivity contribution in [3.8, 4) is 0 Å². The van der Waals surface area contributed by atoms with Crippen molar-refractivity contribution in [3.63, 3.8) is 0 Å². The highest BCUT2D eigenvalue weighted by atomic mass is 19.1. The summed E-state index contributed by atoms with van der Waals surface area (Å²) >= 11 is 0. The van der Waals surface area contributed by atoms with Gasteiger partial charge in [0.25, 0.3) is 11.8 Å². The van der Waals surface area contributed by atoms with Gasteiger partial charge in [0.05, 0.1) is 5.56 Å². The molecular formula is C17H17FN2O3. The van der Waals surface area contributed by atoms with Gasteiger partial charge in [-0.2, -0.15) is 0 Å². The zero-order valence-electron chi connectivity index (χ0n) is 12.8. The normalized spacial score (nSPS) is 11.7. The van der Waals surface area contributed by atoms with E-state index in [-0.39, 0.29) is 11.3 Å². The Morgan fingerprint density at radius 3 is 2.39 bits per heavy atom. The Balaban J connectivity index is 2.18. The molecule has 0 radical (unpaired) electrons. The Bertz CT molecular complexity index is 717. The summed E-state index contributed by atoms with van der Waals surface area (Å²) < 4.78 is 13.7. The van der Waals surface area contributed by atoms with Gasteiger partial charge in [-0.25, -0.2) is 4.39 Å². The van der Waals surface area contributed by atoms with E-state index in [0.29, 0.717) is 5.56 Å². The molecule has 0 aromatic heterocycles. The number of carbonyl (C=O) groups is 2. The van der Waals surface area contributed by atoms with Crippen molar-refractivity contribution in [1.82, 2.24) is 4.90 Å². The summed E-state index contributed by atoms with van der Waals surface area (Å²) in [5, 5.41) is 12.5. The molecule has 1 atom stereocenters. The first-order valence-electron chi connectivity index (χ1n) is 6.95. The lowest BCUT2D eigenvalue weighted by atomic mass is 10.1. The van der Waals surface area contributed by atoms with E-state index in [4.69, 9.17) is 0 Å². The lowest BCUT2D eigenvalue weighted by molar-refractivity contribution is -0.124. The molecule has 0 saturated heterocycles. The number of nitrogens with one attached hydrogen (secondary N) is 1. The smallest absolute Gasteiger partial charge is 0.257 e. The van der Waals surface area contributed by atoms with Crippen LogP contribution in [0.15, 0.2) is 48.5 Å². The van der Waals surface area contributed by atoms with Crippen LogP contribution < -0.4 is 5.32 Å². The number of aliphatic hydroxyl groups excluding tert-OH is 1.